The monoisotopic (exact) mass is 577 g/mol. The molecule has 208 valence electrons. The van der Waals surface area contributed by atoms with Gasteiger partial charge in [0.25, 0.3) is 0 Å². The SMILES string of the molecule is C[C@H](Nc1nc(Cl)nc2c1cnn2[C@@H]1O[C@H](COC(CO)(CO)P(=O)(O)O)[C@@H](O)[C@H]1O)c1ccc(F)cc1. The predicted molar refractivity (Wildman–Crippen MR) is 130 cm³/mol. The van der Waals surface area contributed by atoms with E-state index >= 15 is 0 Å². The second-order valence-corrected chi connectivity index (χ2v) is 11.0. The lowest BCUT2D eigenvalue weighted by atomic mass is 10.1. The van der Waals surface area contributed by atoms with E-state index in [1.165, 1.54) is 18.3 Å². The molecule has 0 aliphatic carbocycles. The Morgan fingerprint density at radius 1 is 1.21 bits per heavy atom. The highest BCUT2D eigenvalue weighted by Gasteiger charge is 2.51. The topological polar surface area (TPSA) is 213 Å². The molecular weight excluding hydrogens is 552 g/mol. The molecule has 2 aromatic heterocycles. The first-order valence-corrected chi connectivity index (χ1v) is 13.3. The lowest BCUT2D eigenvalue weighted by Crippen LogP contribution is -2.44. The quantitative estimate of drug-likeness (QED) is 0.128. The smallest absolute Gasteiger partial charge is 0.361 e. The van der Waals surface area contributed by atoms with E-state index in [9.17, 15) is 39.2 Å². The molecule has 1 aromatic carbocycles. The van der Waals surface area contributed by atoms with E-state index in [2.05, 4.69) is 20.4 Å². The largest absolute Gasteiger partial charge is 0.393 e. The van der Waals surface area contributed by atoms with E-state index in [1.54, 1.807) is 12.1 Å². The summed E-state index contributed by atoms with van der Waals surface area (Å²) in [6, 6.07) is 5.54. The van der Waals surface area contributed by atoms with Gasteiger partial charge in [0.2, 0.25) is 10.6 Å². The van der Waals surface area contributed by atoms with Crippen LogP contribution in [0, 0.1) is 5.82 Å². The third kappa shape index (κ3) is 5.40. The van der Waals surface area contributed by atoms with Crippen molar-refractivity contribution in [2.45, 2.75) is 42.8 Å². The van der Waals surface area contributed by atoms with Crippen LogP contribution < -0.4 is 5.32 Å². The molecule has 0 radical (unpaired) electrons. The van der Waals surface area contributed by atoms with Crippen LogP contribution in [0.1, 0.15) is 24.8 Å². The maximum atomic E-state index is 13.3. The van der Waals surface area contributed by atoms with E-state index in [0.717, 1.165) is 10.2 Å². The fourth-order valence-corrected chi connectivity index (χ4v) is 4.73. The van der Waals surface area contributed by atoms with Gasteiger partial charge < -0.3 is 45.0 Å². The second kappa shape index (κ2) is 11.1. The maximum Gasteiger partial charge on any atom is 0.361 e. The number of anilines is 1. The molecule has 17 heteroatoms. The van der Waals surface area contributed by atoms with Crippen LogP contribution in [0.15, 0.2) is 30.5 Å². The van der Waals surface area contributed by atoms with Crippen molar-refractivity contribution < 1.29 is 48.6 Å². The summed E-state index contributed by atoms with van der Waals surface area (Å²) in [6.07, 6.45) is -4.44. The number of halogens is 2. The number of ether oxygens (including phenoxy) is 2. The second-order valence-electron chi connectivity index (χ2n) is 8.75. The van der Waals surface area contributed by atoms with Crippen molar-refractivity contribution >= 4 is 36.0 Å². The fourth-order valence-electron chi connectivity index (χ4n) is 3.95. The Labute approximate surface area is 219 Å². The van der Waals surface area contributed by atoms with E-state index in [4.69, 9.17) is 21.1 Å². The average molecular weight is 578 g/mol. The van der Waals surface area contributed by atoms with Crippen molar-refractivity contribution in [2.75, 3.05) is 25.1 Å². The molecule has 1 aliphatic heterocycles. The number of aliphatic hydroxyl groups is 4. The first kappa shape index (κ1) is 28.7. The number of nitrogens with zero attached hydrogens (tertiary/aromatic N) is 4. The van der Waals surface area contributed by atoms with Gasteiger partial charge in [0.05, 0.1) is 31.4 Å². The number of fused-ring (bicyclic) bond motifs is 1. The third-order valence-electron chi connectivity index (χ3n) is 6.27. The Morgan fingerprint density at radius 3 is 2.47 bits per heavy atom. The summed E-state index contributed by atoms with van der Waals surface area (Å²) in [7, 11) is -5.14. The maximum absolute atomic E-state index is 13.3. The normalized spacial score (nSPS) is 23.2. The van der Waals surface area contributed by atoms with Crippen LogP contribution in [0.25, 0.3) is 11.0 Å². The Hall–Kier alpha value is -2.30. The van der Waals surface area contributed by atoms with Crippen LogP contribution in [-0.2, 0) is 14.0 Å². The Morgan fingerprint density at radius 2 is 1.87 bits per heavy atom. The minimum Gasteiger partial charge on any atom is -0.393 e. The zero-order valence-corrected chi connectivity index (χ0v) is 21.4. The van der Waals surface area contributed by atoms with Gasteiger partial charge in [0, 0.05) is 6.04 Å². The summed E-state index contributed by atoms with van der Waals surface area (Å²) in [5.41, 5.74) is 0.895. The van der Waals surface area contributed by atoms with Crippen molar-refractivity contribution in [2.24, 2.45) is 0 Å². The molecule has 38 heavy (non-hydrogen) atoms. The molecule has 5 atom stereocenters. The zero-order chi connectivity index (χ0) is 27.8. The Bertz CT molecular complexity index is 1320. The first-order chi connectivity index (χ1) is 17.9. The number of rotatable bonds is 10. The van der Waals surface area contributed by atoms with Gasteiger partial charge in [0.1, 0.15) is 29.9 Å². The minimum atomic E-state index is -5.14. The molecule has 7 N–H and O–H groups in total. The zero-order valence-electron chi connectivity index (χ0n) is 19.8. The molecule has 1 aliphatic rings. The highest BCUT2D eigenvalue weighted by Crippen LogP contribution is 2.51. The molecule has 3 aromatic rings. The van der Waals surface area contributed by atoms with Crippen LogP contribution in [0.3, 0.4) is 0 Å². The van der Waals surface area contributed by atoms with Gasteiger partial charge >= 0.3 is 7.60 Å². The standard InChI is InChI=1S/C21H26ClFN5O9P/c1-10(11-2-4-12(23)5-3-11)25-17-13-6-24-28(18(13)27-20(22)26-17)19-16(32)15(31)14(37-19)7-36-21(8-29,9-30)38(33,34)35/h2-6,10,14-16,19,29-32H,7-9H2,1H3,(H,25,26,27)(H2,33,34,35)/t10-,14+,15+,16+,19+/m0/s1. The first-order valence-electron chi connectivity index (χ1n) is 11.3. The van der Waals surface area contributed by atoms with Crippen molar-refractivity contribution in [3.05, 3.63) is 47.1 Å². The fraction of sp³-hybridized carbons (Fsp3) is 0.476. The molecule has 0 unspecified atom stereocenters. The summed E-state index contributed by atoms with van der Waals surface area (Å²) in [4.78, 5) is 27.3. The summed E-state index contributed by atoms with van der Waals surface area (Å²) < 4.78 is 37.0. The Balaban J connectivity index is 1.57. The van der Waals surface area contributed by atoms with E-state index < -0.39 is 57.3 Å². The van der Waals surface area contributed by atoms with Crippen molar-refractivity contribution in [1.82, 2.24) is 19.7 Å². The number of aliphatic hydroxyl groups excluding tert-OH is 4. The number of hydrogen-bond donors (Lipinski definition) is 7. The van der Waals surface area contributed by atoms with E-state index in [0.29, 0.717) is 5.39 Å². The number of hydrogen-bond acceptors (Lipinski definition) is 11. The van der Waals surface area contributed by atoms with Crippen molar-refractivity contribution in [3.8, 4) is 0 Å². The lowest BCUT2D eigenvalue weighted by molar-refractivity contribution is -0.121. The van der Waals surface area contributed by atoms with Gasteiger partial charge in [-0.25, -0.2) is 9.07 Å². The molecular formula is C21H26ClFN5O9P. The third-order valence-corrected chi connectivity index (χ3v) is 7.91. The van der Waals surface area contributed by atoms with Crippen LogP contribution in [-0.4, -0.2) is 93.4 Å². The summed E-state index contributed by atoms with van der Waals surface area (Å²) in [5.74, 6) is -0.0934. The molecule has 1 fully saturated rings. The van der Waals surface area contributed by atoms with Crippen molar-refractivity contribution in [3.63, 3.8) is 0 Å². The molecule has 0 saturated carbocycles. The predicted octanol–water partition coefficient (Wildman–Crippen LogP) is 0.286. The highest BCUT2D eigenvalue weighted by atomic mass is 35.5. The van der Waals surface area contributed by atoms with Gasteiger partial charge in [-0.3, -0.25) is 4.57 Å². The van der Waals surface area contributed by atoms with Crippen LogP contribution in [0.5, 0.6) is 0 Å². The number of nitrogens with one attached hydrogen (secondary N) is 1. The van der Waals surface area contributed by atoms with Gasteiger partial charge in [-0.1, -0.05) is 12.1 Å². The lowest BCUT2D eigenvalue weighted by Gasteiger charge is -2.31. The van der Waals surface area contributed by atoms with Crippen molar-refractivity contribution in [1.29, 1.82) is 0 Å². The average Bonchev–Trinajstić information content (AvgIpc) is 3.40. The highest BCUT2D eigenvalue weighted by molar-refractivity contribution is 7.53. The van der Waals surface area contributed by atoms with Gasteiger partial charge in [-0.2, -0.15) is 15.1 Å². The molecule has 14 nitrogen and oxygen atoms in total. The summed E-state index contributed by atoms with van der Waals surface area (Å²) in [5, 5.41) is 45.0. The summed E-state index contributed by atoms with van der Waals surface area (Å²) >= 11 is 6.13. The van der Waals surface area contributed by atoms with Crippen LogP contribution >= 0.6 is 19.2 Å². The van der Waals surface area contributed by atoms with Gasteiger partial charge in [-0.05, 0) is 36.2 Å². The minimum absolute atomic E-state index is 0.131. The molecule has 0 spiro atoms. The van der Waals surface area contributed by atoms with Crippen LogP contribution in [0.4, 0.5) is 10.2 Å². The van der Waals surface area contributed by atoms with Gasteiger partial charge in [0.15, 0.2) is 11.9 Å². The molecule has 4 rings (SSSR count). The molecule has 0 bridgehead atoms. The van der Waals surface area contributed by atoms with E-state index in [-0.39, 0.29) is 28.6 Å². The number of aromatic nitrogens is 4. The molecule has 3 heterocycles. The van der Waals surface area contributed by atoms with E-state index in [1.807, 2.05) is 6.92 Å². The Kier molecular flexibility index (Phi) is 8.35. The van der Waals surface area contributed by atoms with Crippen LogP contribution in [0.2, 0.25) is 5.28 Å². The number of benzene rings is 1. The van der Waals surface area contributed by atoms with Gasteiger partial charge in [-0.15, -0.1) is 0 Å². The molecule has 0 amide bonds. The molecule has 1 saturated heterocycles. The summed E-state index contributed by atoms with van der Waals surface area (Å²) in [6.45, 7) is -1.31.